The van der Waals surface area contributed by atoms with Crippen molar-refractivity contribution in [3.05, 3.63) is 68.5 Å². The number of esters is 1. The van der Waals surface area contributed by atoms with Crippen molar-refractivity contribution >= 4 is 58.2 Å². The lowest BCUT2D eigenvalue weighted by atomic mass is 10.1. The third-order valence-electron chi connectivity index (χ3n) is 4.36. The molecule has 2 amide bonds. The number of carbonyl (C=O) groups excluding carboxylic acids is 3. The Morgan fingerprint density at radius 1 is 1.20 bits per heavy atom. The average Bonchev–Trinajstić information content (AvgIpc) is 3.00. The van der Waals surface area contributed by atoms with Gasteiger partial charge in [0.15, 0.2) is 0 Å². The standard InChI is InChI=1S/C21H17Cl2NO5S/c1-12(20(26)28-2)24-19(25)18(30-21(24)27)9-13-5-3-4-6-17(13)29-11-14-7-8-15(22)10-16(14)23/h3-10,12H,11H2,1-2H3/b18-9+/t12-/m1/s1. The van der Waals surface area contributed by atoms with Gasteiger partial charge in [0.2, 0.25) is 0 Å². The molecule has 2 aromatic rings. The summed E-state index contributed by atoms with van der Waals surface area (Å²) in [6.45, 7) is 1.64. The van der Waals surface area contributed by atoms with Crippen LogP contribution in [0.3, 0.4) is 0 Å². The monoisotopic (exact) mass is 465 g/mol. The van der Waals surface area contributed by atoms with Crippen molar-refractivity contribution in [2.45, 2.75) is 19.6 Å². The number of thioether (sulfide) groups is 1. The van der Waals surface area contributed by atoms with E-state index in [9.17, 15) is 14.4 Å². The maximum absolute atomic E-state index is 12.7. The molecule has 0 bridgehead atoms. The fraction of sp³-hybridized carbons (Fsp3) is 0.190. The smallest absolute Gasteiger partial charge is 0.328 e. The minimum Gasteiger partial charge on any atom is -0.488 e. The fourth-order valence-electron chi connectivity index (χ4n) is 2.76. The third kappa shape index (κ3) is 4.80. The van der Waals surface area contributed by atoms with Gasteiger partial charge in [-0.15, -0.1) is 0 Å². The van der Waals surface area contributed by atoms with Crippen LogP contribution in [0.15, 0.2) is 47.4 Å². The molecule has 1 fully saturated rings. The quantitative estimate of drug-likeness (QED) is 0.432. The highest BCUT2D eigenvalue weighted by atomic mass is 35.5. The molecule has 1 saturated heterocycles. The van der Waals surface area contributed by atoms with Crippen molar-refractivity contribution in [3.63, 3.8) is 0 Å². The Morgan fingerprint density at radius 2 is 1.93 bits per heavy atom. The zero-order valence-corrected chi connectivity index (χ0v) is 18.4. The largest absolute Gasteiger partial charge is 0.488 e. The summed E-state index contributed by atoms with van der Waals surface area (Å²) in [4.78, 5) is 37.8. The molecule has 2 aromatic carbocycles. The molecule has 0 radical (unpaired) electrons. The summed E-state index contributed by atoms with van der Waals surface area (Å²) in [6.07, 6.45) is 1.56. The van der Waals surface area contributed by atoms with Crippen LogP contribution in [0.25, 0.3) is 6.08 Å². The molecule has 1 aliphatic rings. The van der Waals surface area contributed by atoms with Crippen molar-refractivity contribution in [1.29, 1.82) is 0 Å². The number of imide groups is 1. The van der Waals surface area contributed by atoms with Crippen molar-refractivity contribution in [1.82, 2.24) is 4.90 Å². The topological polar surface area (TPSA) is 72.9 Å². The van der Waals surface area contributed by atoms with E-state index in [1.54, 1.807) is 48.5 Å². The number of nitrogens with zero attached hydrogens (tertiary/aromatic N) is 1. The van der Waals surface area contributed by atoms with Gasteiger partial charge in [-0.2, -0.15) is 0 Å². The van der Waals surface area contributed by atoms with Crippen LogP contribution >= 0.6 is 35.0 Å². The minimum absolute atomic E-state index is 0.191. The van der Waals surface area contributed by atoms with E-state index in [4.69, 9.17) is 27.9 Å². The Morgan fingerprint density at radius 3 is 2.63 bits per heavy atom. The molecule has 156 valence electrons. The number of para-hydroxylation sites is 1. The molecule has 1 atom stereocenters. The summed E-state index contributed by atoms with van der Waals surface area (Å²) in [5, 5.41) is 0.481. The van der Waals surface area contributed by atoms with E-state index in [2.05, 4.69) is 4.74 Å². The van der Waals surface area contributed by atoms with Gasteiger partial charge in [0.05, 0.1) is 12.0 Å². The number of ether oxygens (including phenoxy) is 2. The van der Waals surface area contributed by atoms with Crippen LogP contribution in [0.5, 0.6) is 5.75 Å². The molecule has 6 nitrogen and oxygen atoms in total. The number of hydrogen-bond donors (Lipinski definition) is 0. The summed E-state index contributed by atoms with van der Waals surface area (Å²) in [6, 6.07) is 11.2. The van der Waals surface area contributed by atoms with Crippen LogP contribution in [-0.2, 0) is 20.9 Å². The number of benzene rings is 2. The predicted molar refractivity (Wildman–Crippen MR) is 117 cm³/mol. The molecule has 9 heteroatoms. The maximum Gasteiger partial charge on any atom is 0.328 e. The number of amides is 2. The van der Waals surface area contributed by atoms with E-state index < -0.39 is 23.2 Å². The van der Waals surface area contributed by atoms with Gasteiger partial charge in [-0.05, 0) is 43.0 Å². The first-order valence-electron chi connectivity index (χ1n) is 8.82. The summed E-state index contributed by atoms with van der Waals surface area (Å²) >= 11 is 12.9. The number of halogens is 2. The van der Waals surface area contributed by atoms with Gasteiger partial charge in [-0.3, -0.25) is 14.5 Å². The first kappa shape index (κ1) is 22.2. The van der Waals surface area contributed by atoms with E-state index in [1.165, 1.54) is 14.0 Å². The van der Waals surface area contributed by atoms with Crippen LogP contribution in [-0.4, -0.2) is 35.2 Å². The first-order chi connectivity index (χ1) is 14.3. The highest BCUT2D eigenvalue weighted by Gasteiger charge is 2.41. The van der Waals surface area contributed by atoms with E-state index in [-0.39, 0.29) is 11.5 Å². The molecule has 0 aliphatic carbocycles. The Bertz CT molecular complexity index is 1040. The third-order valence-corrected chi connectivity index (χ3v) is 5.83. The van der Waals surface area contributed by atoms with E-state index >= 15 is 0 Å². The summed E-state index contributed by atoms with van der Waals surface area (Å²) in [7, 11) is 1.20. The number of hydrogen-bond acceptors (Lipinski definition) is 6. The average molecular weight is 466 g/mol. The normalized spacial score (nSPS) is 16.1. The lowest BCUT2D eigenvalue weighted by molar-refractivity contribution is -0.148. The molecule has 1 heterocycles. The van der Waals surface area contributed by atoms with Gasteiger partial charge in [-0.25, -0.2) is 4.79 Å². The zero-order valence-electron chi connectivity index (χ0n) is 16.1. The Hall–Kier alpha value is -2.48. The molecular formula is C21H17Cl2NO5S. The van der Waals surface area contributed by atoms with Gasteiger partial charge < -0.3 is 9.47 Å². The molecule has 0 saturated carbocycles. The van der Waals surface area contributed by atoms with E-state index in [0.29, 0.717) is 21.4 Å². The predicted octanol–water partition coefficient (Wildman–Crippen LogP) is 5.17. The van der Waals surface area contributed by atoms with Crippen LogP contribution in [0, 0.1) is 0 Å². The second kappa shape index (κ2) is 9.55. The van der Waals surface area contributed by atoms with Crippen molar-refractivity contribution in [2.75, 3.05) is 7.11 Å². The van der Waals surface area contributed by atoms with Gasteiger partial charge in [0, 0.05) is 21.2 Å². The van der Waals surface area contributed by atoms with Crippen molar-refractivity contribution in [3.8, 4) is 5.75 Å². The van der Waals surface area contributed by atoms with Gasteiger partial charge in [0.1, 0.15) is 18.4 Å². The summed E-state index contributed by atoms with van der Waals surface area (Å²) < 4.78 is 10.5. The van der Waals surface area contributed by atoms with Crippen molar-refractivity contribution in [2.24, 2.45) is 0 Å². The molecule has 30 heavy (non-hydrogen) atoms. The van der Waals surface area contributed by atoms with Crippen LogP contribution in [0.4, 0.5) is 4.79 Å². The van der Waals surface area contributed by atoms with E-state index in [1.807, 2.05) is 0 Å². The lowest BCUT2D eigenvalue weighted by Gasteiger charge is -2.18. The van der Waals surface area contributed by atoms with Gasteiger partial charge in [0.25, 0.3) is 11.1 Å². The molecule has 0 N–H and O–H groups in total. The minimum atomic E-state index is -1.01. The maximum atomic E-state index is 12.7. The van der Waals surface area contributed by atoms with Crippen LogP contribution < -0.4 is 4.74 Å². The lowest BCUT2D eigenvalue weighted by Crippen LogP contribution is -2.42. The number of rotatable bonds is 6. The molecule has 3 rings (SSSR count). The Balaban J connectivity index is 1.82. The molecular weight excluding hydrogens is 449 g/mol. The van der Waals surface area contributed by atoms with Crippen LogP contribution in [0.1, 0.15) is 18.1 Å². The van der Waals surface area contributed by atoms with Gasteiger partial charge >= 0.3 is 5.97 Å². The first-order valence-corrected chi connectivity index (χ1v) is 10.4. The van der Waals surface area contributed by atoms with Gasteiger partial charge in [-0.1, -0.05) is 47.5 Å². The zero-order chi connectivity index (χ0) is 21.8. The SMILES string of the molecule is COC(=O)[C@@H](C)N1C(=O)S/C(=C/c2ccccc2OCc2ccc(Cl)cc2Cl)C1=O. The Kier molecular flexibility index (Phi) is 7.07. The second-order valence-corrected chi connectivity index (χ2v) is 8.15. The molecule has 0 aromatic heterocycles. The number of methoxy groups -OCH3 is 1. The molecule has 0 unspecified atom stereocenters. The molecule has 1 aliphatic heterocycles. The second-order valence-electron chi connectivity index (χ2n) is 6.31. The highest BCUT2D eigenvalue weighted by molar-refractivity contribution is 8.18. The molecule has 0 spiro atoms. The number of carbonyl (C=O) groups is 3. The van der Waals surface area contributed by atoms with E-state index in [0.717, 1.165) is 22.2 Å². The summed E-state index contributed by atoms with van der Waals surface area (Å²) in [5.41, 5.74) is 1.36. The Labute approximate surface area is 187 Å². The summed E-state index contributed by atoms with van der Waals surface area (Å²) in [5.74, 6) is -0.711. The fourth-order valence-corrected chi connectivity index (χ4v) is 4.12. The van der Waals surface area contributed by atoms with Crippen molar-refractivity contribution < 1.29 is 23.9 Å². The highest BCUT2D eigenvalue weighted by Crippen LogP contribution is 2.35. The van der Waals surface area contributed by atoms with Crippen LogP contribution in [0.2, 0.25) is 10.0 Å².